The number of para-hydroxylation sites is 1. The number of hydrogen-bond donors (Lipinski definition) is 1. The van der Waals surface area contributed by atoms with E-state index in [4.69, 9.17) is 23.2 Å². The molecule has 0 saturated heterocycles. The minimum atomic E-state index is 0.578. The monoisotopic (exact) mass is 370 g/mol. The average Bonchev–Trinajstić information content (AvgIpc) is 2.97. The molecule has 1 N–H and O–H groups in total. The van der Waals surface area contributed by atoms with Gasteiger partial charge in [0.1, 0.15) is 5.82 Å². The number of halogens is 2. The van der Waals surface area contributed by atoms with Crippen LogP contribution in [0, 0.1) is 6.92 Å². The van der Waals surface area contributed by atoms with Gasteiger partial charge in [-0.3, -0.25) is 0 Å². The first kappa shape index (κ1) is 16.2. The summed E-state index contributed by atoms with van der Waals surface area (Å²) in [4.78, 5) is 11.5. The van der Waals surface area contributed by atoms with Crippen molar-refractivity contribution in [3.05, 3.63) is 69.8 Å². The molecule has 0 spiro atoms. The van der Waals surface area contributed by atoms with Gasteiger partial charge in [-0.25, -0.2) is 4.98 Å². The maximum atomic E-state index is 6.07. The Kier molecular flexibility index (Phi) is 4.24. The predicted octanol–water partition coefficient (Wildman–Crippen LogP) is 5.53. The van der Waals surface area contributed by atoms with Crippen molar-refractivity contribution in [3.63, 3.8) is 0 Å². The van der Waals surface area contributed by atoms with Gasteiger partial charge in [0.2, 0.25) is 5.95 Å². The van der Waals surface area contributed by atoms with Crippen molar-refractivity contribution >= 4 is 46.3 Å². The zero-order valence-corrected chi connectivity index (χ0v) is 15.1. The zero-order chi connectivity index (χ0) is 17.4. The average molecular weight is 371 g/mol. The molecule has 1 aromatic heterocycles. The van der Waals surface area contributed by atoms with E-state index in [1.165, 1.54) is 11.3 Å². The van der Waals surface area contributed by atoms with Gasteiger partial charge in [0.25, 0.3) is 0 Å². The van der Waals surface area contributed by atoms with Gasteiger partial charge in [-0.2, -0.15) is 4.98 Å². The second-order valence-electron chi connectivity index (χ2n) is 6.01. The Morgan fingerprint density at radius 1 is 1.00 bits per heavy atom. The van der Waals surface area contributed by atoms with Crippen LogP contribution in [0.3, 0.4) is 0 Å². The third-order valence-corrected chi connectivity index (χ3v) is 4.54. The number of nitrogens with one attached hydrogen (secondary N) is 1. The lowest BCUT2D eigenvalue weighted by Gasteiger charge is -2.18. The molecule has 0 aliphatic carbocycles. The molecule has 1 aliphatic heterocycles. The molecule has 0 fully saturated rings. The molecule has 2 aromatic carbocycles. The summed E-state index contributed by atoms with van der Waals surface area (Å²) in [6, 6.07) is 15.6. The molecule has 25 heavy (non-hydrogen) atoms. The predicted molar refractivity (Wildman–Crippen MR) is 104 cm³/mol. The summed E-state index contributed by atoms with van der Waals surface area (Å²) < 4.78 is 0. The molecule has 0 bridgehead atoms. The fourth-order valence-electron chi connectivity index (χ4n) is 3.06. The lowest BCUT2D eigenvalue weighted by atomic mass is 10.2. The molecule has 126 valence electrons. The molecular weight excluding hydrogens is 355 g/mol. The molecule has 0 amide bonds. The zero-order valence-electron chi connectivity index (χ0n) is 13.6. The quantitative estimate of drug-likeness (QED) is 0.657. The highest BCUT2D eigenvalue weighted by Gasteiger charge is 2.22. The van der Waals surface area contributed by atoms with E-state index in [0.717, 1.165) is 24.3 Å². The first-order valence-electron chi connectivity index (χ1n) is 8.03. The summed E-state index contributed by atoms with van der Waals surface area (Å²) in [5.74, 6) is 1.41. The second kappa shape index (κ2) is 6.54. The molecule has 0 unspecified atom stereocenters. The second-order valence-corrected chi connectivity index (χ2v) is 6.88. The summed E-state index contributed by atoms with van der Waals surface area (Å²) in [7, 11) is 0. The number of aryl methyl sites for hydroxylation is 1. The molecule has 2 heterocycles. The van der Waals surface area contributed by atoms with Gasteiger partial charge in [0, 0.05) is 39.7 Å². The molecule has 4 rings (SSSR count). The normalized spacial score (nSPS) is 13.0. The van der Waals surface area contributed by atoms with Crippen LogP contribution in [0.1, 0.15) is 11.3 Å². The molecular formula is C19H16Cl2N4. The number of benzene rings is 2. The summed E-state index contributed by atoms with van der Waals surface area (Å²) in [6.45, 7) is 2.84. The fraction of sp³-hybridized carbons (Fsp3) is 0.158. The Morgan fingerprint density at radius 3 is 2.56 bits per heavy atom. The van der Waals surface area contributed by atoms with Crippen LogP contribution in [0.25, 0.3) is 0 Å². The Hall–Kier alpha value is -2.30. The number of aromatic nitrogens is 2. The maximum Gasteiger partial charge on any atom is 0.232 e. The minimum absolute atomic E-state index is 0.578. The number of nitrogens with zero attached hydrogens (tertiary/aromatic N) is 3. The Morgan fingerprint density at radius 2 is 1.76 bits per heavy atom. The third-order valence-electron chi connectivity index (χ3n) is 4.11. The van der Waals surface area contributed by atoms with Crippen molar-refractivity contribution in [2.45, 2.75) is 13.3 Å². The third kappa shape index (κ3) is 3.41. The lowest BCUT2D eigenvalue weighted by molar-refractivity contribution is 0.931. The first-order chi connectivity index (χ1) is 12.1. The van der Waals surface area contributed by atoms with Crippen molar-refractivity contribution in [3.8, 4) is 0 Å². The van der Waals surface area contributed by atoms with Crippen LogP contribution in [0.15, 0.2) is 48.5 Å². The van der Waals surface area contributed by atoms with Crippen LogP contribution in [0.5, 0.6) is 0 Å². The van der Waals surface area contributed by atoms with Crippen LogP contribution in [0.4, 0.5) is 23.1 Å². The van der Waals surface area contributed by atoms with E-state index < -0.39 is 0 Å². The lowest BCUT2D eigenvalue weighted by Crippen LogP contribution is -2.17. The molecule has 0 radical (unpaired) electrons. The van der Waals surface area contributed by atoms with Gasteiger partial charge >= 0.3 is 0 Å². The van der Waals surface area contributed by atoms with E-state index in [-0.39, 0.29) is 0 Å². The van der Waals surface area contributed by atoms with Crippen molar-refractivity contribution < 1.29 is 0 Å². The van der Waals surface area contributed by atoms with Gasteiger partial charge < -0.3 is 10.2 Å². The van der Waals surface area contributed by atoms with Crippen LogP contribution in [0.2, 0.25) is 10.0 Å². The fourth-order valence-corrected chi connectivity index (χ4v) is 3.58. The number of anilines is 4. The molecule has 3 aromatic rings. The van der Waals surface area contributed by atoms with Gasteiger partial charge in [-0.05, 0) is 43.2 Å². The van der Waals surface area contributed by atoms with Crippen molar-refractivity contribution in [1.29, 1.82) is 0 Å². The molecule has 0 atom stereocenters. The minimum Gasteiger partial charge on any atom is -0.340 e. The van der Waals surface area contributed by atoms with Gasteiger partial charge in [-0.15, -0.1) is 0 Å². The van der Waals surface area contributed by atoms with E-state index in [1.54, 1.807) is 6.07 Å². The summed E-state index contributed by atoms with van der Waals surface area (Å²) in [5, 5.41) is 4.42. The SMILES string of the molecule is Cc1cc(Nc2cc(Cl)cc(Cl)c2)nc(N2CCc3ccccc32)n1. The first-order valence-corrected chi connectivity index (χ1v) is 8.78. The Bertz CT molecular complexity index is 922. The molecule has 0 saturated carbocycles. The Balaban J connectivity index is 1.68. The standard InChI is InChI=1S/C19H16Cl2N4/c1-12-8-18(23-16-10-14(20)9-15(21)11-16)24-19(22-12)25-7-6-13-4-2-3-5-17(13)25/h2-5,8-11H,6-7H2,1H3,(H,22,23,24). The van der Waals surface area contributed by atoms with Gasteiger partial charge in [0.05, 0.1) is 0 Å². The van der Waals surface area contributed by atoms with E-state index in [2.05, 4.69) is 38.4 Å². The smallest absolute Gasteiger partial charge is 0.232 e. The van der Waals surface area contributed by atoms with Crippen LogP contribution in [-0.2, 0) is 6.42 Å². The number of hydrogen-bond acceptors (Lipinski definition) is 4. The highest BCUT2D eigenvalue weighted by atomic mass is 35.5. The summed E-state index contributed by atoms with van der Waals surface area (Å²) in [6.07, 6.45) is 1.00. The number of fused-ring (bicyclic) bond motifs is 1. The number of rotatable bonds is 3. The molecule has 6 heteroatoms. The highest BCUT2D eigenvalue weighted by Crippen LogP contribution is 2.33. The maximum absolute atomic E-state index is 6.07. The topological polar surface area (TPSA) is 41.1 Å². The van der Waals surface area contributed by atoms with E-state index in [0.29, 0.717) is 21.8 Å². The van der Waals surface area contributed by atoms with Crippen LogP contribution in [-0.4, -0.2) is 16.5 Å². The van der Waals surface area contributed by atoms with Crippen LogP contribution < -0.4 is 10.2 Å². The molecule has 1 aliphatic rings. The van der Waals surface area contributed by atoms with Gasteiger partial charge in [0.15, 0.2) is 0 Å². The van der Waals surface area contributed by atoms with E-state index in [1.807, 2.05) is 31.2 Å². The Labute approximate surface area is 156 Å². The molecule has 4 nitrogen and oxygen atoms in total. The van der Waals surface area contributed by atoms with E-state index >= 15 is 0 Å². The summed E-state index contributed by atoms with van der Waals surface area (Å²) >= 11 is 12.1. The largest absolute Gasteiger partial charge is 0.340 e. The van der Waals surface area contributed by atoms with Crippen molar-refractivity contribution in [1.82, 2.24) is 9.97 Å². The van der Waals surface area contributed by atoms with Gasteiger partial charge in [-0.1, -0.05) is 41.4 Å². The summed E-state index contributed by atoms with van der Waals surface area (Å²) in [5.41, 5.74) is 4.18. The highest BCUT2D eigenvalue weighted by molar-refractivity contribution is 6.35. The van der Waals surface area contributed by atoms with E-state index in [9.17, 15) is 0 Å². The van der Waals surface area contributed by atoms with Crippen LogP contribution >= 0.6 is 23.2 Å². The van der Waals surface area contributed by atoms with Crippen molar-refractivity contribution in [2.24, 2.45) is 0 Å². The van der Waals surface area contributed by atoms with Crippen molar-refractivity contribution in [2.75, 3.05) is 16.8 Å².